The molecule has 0 aliphatic carbocycles. The van der Waals surface area contributed by atoms with Crippen molar-refractivity contribution in [1.82, 2.24) is 0 Å². The average molecular weight is 448 g/mol. The van der Waals surface area contributed by atoms with Crippen LogP contribution in [0.2, 0.25) is 0 Å². The molecule has 0 amide bonds. The fourth-order valence-corrected chi connectivity index (χ4v) is 2.87. The normalized spacial score (nSPS) is 9.72. The van der Waals surface area contributed by atoms with E-state index in [0.29, 0.717) is 0 Å². The van der Waals surface area contributed by atoms with Crippen molar-refractivity contribution >= 4 is 11.9 Å². The number of unbranched alkanes of at least 4 members (excludes halogenated alkanes) is 4. The van der Waals surface area contributed by atoms with Gasteiger partial charge in [0.05, 0.1) is 11.9 Å². The first-order chi connectivity index (χ1) is 13.5. The minimum absolute atomic E-state index is 0. The minimum Gasteiger partial charge on any atom is -0.545 e. The number of hydrogen-bond acceptors (Lipinski definition) is 4. The van der Waals surface area contributed by atoms with E-state index in [-0.39, 0.29) is 30.6 Å². The predicted molar refractivity (Wildman–Crippen MR) is 108 cm³/mol. The van der Waals surface area contributed by atoms with Crippen LogP contribution in [0.1, 0.15) is 84.2 Å². The third-order valence-electron chi connectivity index (χ3n) is 4.46. The van der Waals surface area contributed by atoms with Gasteiger partial charge in [-0.2, -0.15) is 0 Å². The van der Waals surface area contributed by atoms with Gasteiger partial charge >= 0.3 is 19.5 Å². The van der Waals surface area contributed by atoms with Crippen molar-refractivity contribution in [3.8, 4) is 0 Å². The van der Waals surface area contributed by atoms with Crippen molar-refractivity contribution in [1.29, 1.82) is 0 Å². The van der Waals surface area contributed by atoms with E-state index in [1.807, 2.05) is 12.1 Å². The standard InChI is InChI=1S/2C12H16O2.Zn/c2*1-2-3-4-6-10-7-5-8-11(9-10)12(13)14;/h2*5,7-9H,2-4,6H2,1H3,(H,13,14);/q;;+2/p-2. The maximum Gasteiger partial charge on any atom is 2.00 e. The molecule has 0 atom stereocenters. The summed E-state index contributed by atoms with van der Waals surface area (Å²) in [5, 5.41) is 21.1. The quantitative estimate of drug-likeness (QED) is 0.412. The van der Waals surface area contributed by atoms with E-state index in [9.17, 15) is 19.8 Å². The molecule has 0 fully saturated rings. The van der Waals surface area contributed by atoms with Gasteiger partial charge in [-0.25, -0.2) is 0 Å². The van der Waals surface area contributed by atoms with E-state index in [0.717, 1.165) is 36.8 Å². The van der Waals surface area contributed by atoms with Crippen molar-refractivity contribution in [3.05, 3.63) is 70.8 Å². The Labute approximate surface area is 187 Å². The molecule has 152 valence electrons. The fraction of sp³-hybridized carbons (Fsp3) is 0.417. The molecular weight excluding hydrogens is 418 g/mol. The van der Waals surface area contributed by atoms with E-state index in [1.165, 1.54) is 25.7 Å². The van der Waals surface area contributed by atoms with Crippen LogP contribution in [-0.4, -0.2) is 11.9 Å². The molecule has 2 aromatic carbocycles. The molecule has 0 saturated heterocycles. The van der Waals surface area contributed by atoms with Gasteiger partial charge in [-0.05, 0) is 60.1 Å². The molecule has 2 aromatic rings. The maximum atomic E-state index is 10.6. The molecule has 5 heteroatoms. The molecule has 0 spiro atoms. The minimum atomic E-state index is -1.10. The first-order valence-corrected chi connectivity index (χ1v) is 10.1. The predicted octanol–water partition coefficient (Wildman–Crippen LogP) is 3.56. The van der Waals surface area contributed by atoms with Crippen LogP contribution in [0.3, 0.4) is 0 Å². The summed E-state index contributed by atoms with van der Waals surface area (Å²) >= 11 is 0. The Morgan fingerprint density at radius 2 is 1.07 bits per heavy atom. The number of carbonyl (C=O) groups excluding carboxylic acids is 2. The molecule has 0 saturated carbocycles. The summed E-state index contributed by atoms with van der Waals surface area (Å²) in [5.74, 6) is -2.19. The summed E-state index contributed by atoms with van der Waals surface area (Å²) in [6.45, 7) is 4.30. The van der Waals surface area contributed by atoms with E-state index >= 15 is 0 Å². The van der Waals surface area contributed by atoms with Crippen LogP contribution in [0.5, 0.6) is 0 Å². The van der Waals surface area contributed by atoms with E-state index in [4.69, 9.17) is 0 Å². The number of rotatable bonds is 10. The zero-order valence-corrected chi connectivity index (χ0v) is 20.6. The van der Waals surface area contributed by atoms with Crippen molar-refractivity contribution in [2.75, 3.05) is 0 Å². The zero-order chi connectivity index (χ0) is 20.8. The Bertz CT molecular complexity index is 680. The van der Waals surface area contributed by atoms with Crippen LogP contribution >= 0.6 is 0 Å². The summed E-state index contributed by atoms with van der Waals surface area (Å²) in [6, 6.07) is 14.0. The third kappa shape index (κ3) is 11.6. The fourth-order valence-electron chi connectivity index (χ4n) is 2.87. The molecule has 0 unspecified atom stereocenters. The summed E-state index contributed by atoms with van der Waals surface area (Å²) in [7, 11) is 0. The van der Waals surface area contributed by atoms with Crippen LogP contribution in [0.25, 0.3) is 0 Å². The van der Waals surface area contributed by atoms with Gasteiger partial charge < -0.3 is 19.8 Å². The van der Waals surface area contributed by atoms with Gasteiger partial charge in [-0.15, -0.1) is 0 Å². The average Bonchev–Trinajstić information content (AvgIpc) is 2.69. The van der Waals surface area contributed by atoms with Crippen molar-refractivity contribution in [2.24, 2.45) is 0 Å². The van der Waals surface area contributed by atoms with Crippen molar-refractivity contribution in [3.63, 3.8) is 0 Å². The number of benzene rings is 2. The molecule has 4 nitrogen and oxygen atoms in total. The first-order valence-electron chi connectivity index (χ1n) is 10.1. The van der Waals surface area contributed by atoms with Crippen LogP contribution in [0, 0.1) is 0 Å². The van der Waals surface area contributed by atoms with Crippen LogP contribution in [0.4, 0.5) is 0 Å². The van der Waals surface area contributed by atoms with Crippen LogP contribution in [0.15, 0.2) is 48.5 Å². The number of carboxylic acids is 2. The second kappa shape index (κ2) is 15.9. The van der Waals surface area contributed by atoms with E-state index < -0.39 is 11.9 Å². The van der Waals surface area contributed by atoms with Gasteiger partial charge in [0, 0.05) is 0 Å². The van der Waals surface area contributed by atoms with E-state index in [2.05, 4.69) is 13.8 Å². The molecule has 0 heterocycles. The zero-order valence-electron chi connectivity index (χ0n) is 17.6. The number of aryl methyl sites for hydroxylation is 2. The van der Waals surface area contributed by atoms with Crippen LogP contribution < -0.4 is 10.2 Å². The second-order valence-electron chi connectivity index (χ2n) is 6.89. The Hall–Kier alpha value is -2.00. The number of hydrogen-bond donors (Lipinski definition) is 0. The Balaban J connectivity index is 0.000000523. The maximum absolute atomic E-state index is 10.6. The van der Waals surface area contributed by atoms with Crippen LogP contribution in [-0.2, 0) is 32.3 Å². The molecule has 0 aromatic heterocycles. The summed E-state index contributed by atoms with van der Waals surface area (Å²) in [4.78, 5) is 21.1. The van der Waals surface area contributed by atoms with Gasteiger partial charge in [0.2, 0.25) is 0 Å². The number of aromatic carboxylic acids is 2. The molecule has 0 radical (unpaired) electrons. The third-order valence-corrected chi connectivity index (χ3v) is 4.46. The van der Waals surface area contributed by atoms with Gasteiger partial charge in [0.1, 0.15) is 0 Å². The smallest absolute Gasteiger partial charge is 0.545 e. The summed E-state index contributed by atoms with van der Waals surface area (Å²) in [6.07, 6.45) is 8.88. The molecule has 2 rings (SSSR count). The molecule has 0 N–H and O–H groups in total. The Morgan fingerprint density at radius 3 is 1.38 bits per heavy atom. The van der Waals surface area contributed by atoms with Crippen molar-refractivity contribution in [2.45, 2.75) is 65.2 Å². The number of carbonyl (C=O) groups is 2. The first kappa shape index (κ1) is 27.0. The van der Waals surface area contributed by atoms with Gasteiger partial charge in [0.15, 0.2) is 0 Å². The second-order valence-corrected chi connectivity index (χ2v) is 6.89. The monoisotopic (exact) mass is 446 g/mol. The molecule has 0 aliphatic heterocycles. The largest absolute Gasteiger partial charge is 2.00 e. The van der Waals surface area contributed by atoms with Gasteiger partial charge in [-0.3, -0.25) is 0 Å². The van der Waals surface area contributed by atoms with Crippen molar-refractivity contribution < 1.29 is 39.3 Å². The molecule has 0 bridgehead atoms. The molecule has 29 heavy (non-hydrogen) atoms. The molecular formula is C24H30O4Zn. The Morgan fingerprint density at radius 1 is 0.690 bits per heavy atom. The topological polar surface area (TPSA) is 80.3 Å². The number of carboxylic acid groups (broad SMARTS) is 2. The molecule has 0 aliphatic rings. The Kier molecular flexibility index (Phi) is 14.8. The van der Waals surface area contributed by atoms with Gasteiger partial charge in [0.25, 0.3) is 0 Å². The van der Waals surface area contributed by atoms with E-state index in [1.54, 1.807) is 36.4 Å². The SMILES string of the molecule is CCCCCc1cccc(C(=O)[O-])c1.CCCCCc1cccc(C(=O)[O-])c1.[Zn+2]. The summed E-state index contributed by atoms with van der Waals surface area (Å²) in [5.41, 5.74) is 2.72. The summed E-state index contributed by atoms with van der Waals surface area (Å²) < 4.78 is 0. The van der Waals surface area contributed by atoms with Gasteiger partial charge in [-0.1, -0.05) is 75.9 Å².